The fourth-order valence-corrected chi connectivity index (χ4v) is 2.99. The Morgan fingerprint density at radius 1 is 1.16 bits per heavy atom. The van der Waals surface area contributed by atoms with Crippen molar-refractivity contribution in [2.24, 2.45) is 5.73 Å². The molecule has 3 unspecified atom stereocenters. The predicted octanol–water partition coefficient (Wildman–Crippen LogP) is 3.24. The van der Waals surface area contributed by atoms with E-state index < -0.39 is 6.04 Å². The molecule has 3 rings (SSSR count). The number of carbonyl (C=O) groups is 1. The van der Waals surface area contributed by atoms with Crippen LogP contribution in [0.25, 0.3) is 0 Å². The largest absolute Gasteiger partial charge is 0.367 e. The first kappa shape index (κ1) is 19.4. The van der Waals surface area contributed by atoms with E-state index in [9.17, 15) is 9.18 Å². The second kappa shape index (κ2) is 8.43. The minimum absolute atomic E-state index is 0. The van der Waals surface area contributed by atoms with Gasteiger partial charge in [0.05, 0.1) is 12.6 Å². The molecule has 1 fully saturated rings. The summed E-state index contributed by atoms with van der Waals surface area (Å²) in [4.78, 5) is 14.5. The molecule has 0 aliphatic carbocycles. The van der Waals surface area contributed by atoms with Gasteiger partial charge >= 0.3 is 0 Å². The standard InChI is InChI=1S/C19H21FN2O2.ClH/c1-13-11-22(19(23)18(21)15-5-3-2-4-6-15)12-17(24-13)14-7-9-16(20)10-8-14;/h2-10,13,17-18H,11-12,21H2,1H3;1H. The van der Waals surface area contributed by atoms with Crippen molar-refractivity contribution in [3.05, 3.63) is 71.5 Å². The number of hydrogen-bond donors (Lipinski definition) is 1. The molecular formula is C19H22ClFN2O2. The van der Waals surface area contributed by atoms with Crippen LogP contribution >= 0.6 is 12.4 Å². The van der Waals surface area contributed by atoms with Crippen LogP contribution in [0.2, 0.25) is 0 Å². The van der Waals surface area contributed by atoms with Crippen molar-refractivity contribution in [1.29, 1.82) is 0 Å². The zero-order chi connectivity index (χ0) is 17.1. The van der Waals surface area contributed by atoms with Gasteiger partial charge in [0, 0.05) is 6.54 Å². The molecule has 6 heteroatoms. The van der Waals surface area contributed by atoms with Crippen molar-refractivity contribution < 1.29 is 13.9 Å². The number of nitrogens with zero attached hydrogens (tertiary/aromatic N) is 1. The van der Waals surface area contributed by atoms with Crippen LogP contribution in [0.5, 0.6) is 0 Å². The minimum Gasteiger partial charge on any atom is -0.367 e. The van der Waals surface area contributed by atoms with Gasteiger partial charge in [-0.1, -0.05) is 42.5 Å². The fourth-order valence-electron chi connectivity index (χ4n) is 2.99. The molecule has 1 heterocycles. The van der Waals surface area contributed by atoms with Gasteiger partial charge in [-0.2, -0.15) is 0 Å². The van der Waals surface area contributed by atoms with Crippen LogP contribution in [0.15, 0.2) is 54.6 Å². The summed E-state index contributed by atoms with van der Waals surface area (Å²) in [6.07, 6.45) is -0.387. The third-order valence-electron chi connectivity index (χ3n) is 4.24. The van der Waals surface area contributed by atoms with Crippen LogP contribution < -0.4 is 5.73 Å². The summed E-state index contributed by atoms with van der Waals surface area (Å²) in [5.41, 5.74) is 7.78. The number of halogens is 2. The van der Waals surface area contributed by atoms with Crippen molar-refractivity contribution >= 4 is 18.3 Å². The maximum atomic E-state index is 13.1. The van der Waals surface area contributed by atoms with Gasteiger partial charge in [-0.25, -0.2) is 4.39 Å². The highest BCUT2D eigenvalue weighted by atomic mass is 35.5. The molecule has 0 radical (unpaired) electrons. The summed E-state index contributed by atoms with van der Waals surface area (Å²) in [7, 11) is 0. The molecule has 0 saturated carbocycles. The number of ether oxygens (including phenoxy) is 1. The molecule has 1 aliphatic rings. The number of nitrogens with two attached hydrogens (primary N) is 1. The molecule has 2 aromatic carbocycles. The van der Waals surface area contributed by atoms with Crippen molar-refractivity contribution in [3.63, 3.8) is 0 Å². The van der Waals surface area contributed by atoms with Gasteiger partial charge in [-0.3, -0.25) is 4.79 Å². The summed E-state index contributed by atoms with van der Waals surface area (Å²) in [5.74, 6) is -0.412. The first-order valence-electron chi connectivity index (χ1n) is 8.05. The van der Waals surface area contributed by atoms with Gasteiger partial charge in [0.2, 0.25) is 5.91 Å². The molecular weight excluding hydrogens is 343 g/mol. The summed E-state index contributed by atoms with van der Waals surface area (Å²) in [6.45, 7) is 2.83. The quantitative estimate of drug-likeness (QED) is 0.909. The number of amides is 1. The Balaban J connectivity index is 0.00000225. The lowest BCUT2D eigenvalue weighted by Crippen LogP contribution is -2.48. The lowest BCUT2D eigenvalue weighted by atomic mass is 10.0. The van der Waals surface area contributed by atoms with E-state index in [-0.39, 0.29) is 36.3 Å². The topological polar surface area (TPSA) is 55.6 Å². The first-order valence-corrected chi connectivity index (χ1v) is 8.05. The Kier molecular flexibility index (Phi) is 6.53. The fraction of sp³-hybridized carbons (Fsp3) is 0.316. The van der Waals surface area contributed by atoms with Crippen LogP contribution in [-0.2, 0) is 9.53 Å². The van der Waals surface area contributed by atoms with E-state index >= 15 is 0 Å². The molecule has 2 N–H and O–H groups in total. The Morgan fingerprint density at radius 3 is 2.44 bits per heavy atom. The van der Waals surface area contributed by atoms with Crippen LogP contribution in [0.4, 0.5) is 4.39 Å². The van der Waals surface area contributed by atoms with Crippen LogP contribution in [0, 0.1) is 5.82 Å². The second-order valence-corrected chi connectivity index (χ2v) is 6.12. The summed E-state index contributed by atoms with van der Waals surface area (Å²) in [6, 6.07) is 14.8. The van der Waals surface area contributed by atoms with E-state index in [0.717, 1.165) is 11.1 Å². The number of carbonyl (C=O) groups excluding carboxylic acids is 1. The van der Waals surface area contributed by atoms with Gasteiger partial charge in [-0.15, -0.1) is 12.4 Å². The molecule has 1 saturated heterocycles. The molecule has 1 aliphatic heterocycles. The zero-order valence-corrected chi connectivity index (χ0v) is 14.8. The molecule has 0 spiro atoms. The van der Waals surface area contributed by atoms with Gasteiger partial charge in [0.15, 0.2) is 0 Å². The summed E-state index contributed by atoms with van der Waals surface area (Å²) < 4.78 is 19.0. The molecule has 0 aromatic heterocycles. The number of morpholine rings is 1. The van der Waals surface area contributed by atoms with E-state index in [0.29, 0.717) is 13.1 Å². The molecule has 2 aromatic rings. The smallest absolute Gasteiger partial charge is 0.244 e. The molecule has 4 nitrogen and oxygen atoms in total. The average Bonchev–Trinajstić information content (AvgIpc) is 2.61. The molecule has 3 atom stereocenters. The van der Waals surface area contributed by atoms with Crippen molar-refractivity contribution in [2.45, 2.75) is 25.2 Å². The Labute approximate surface area is 153 Å². The van der Waals surface area contributed by atoms with Gasteiger partial charge in [0.25, 0.3) is 0 Å². The van der Waals surface area contributed by atoms with Gasteiger partial charge < -0.3 is 15.4 Å². The van der Waals surface area contributed by atoms with Crippen LogP contribution in [0.1, 0.15) is 30.2 Å². The summed E-state index contributed by atoms with van der Waals surface area (Å²) >= 11 is 0. The first-order chi connectivity index (χ1) is 11.5. The SMILES string of the molecule is CC1CN(C(=O)C(N)c2ccccc2)CC(c2ccc(F)cc2)O1.Cl. The molecule has 0 bridgehead atoms. The number of benzene rings is 2. The molecule has 134 valence electrons. The zero-order valence-electron chi connectivity index (χ0n) is 14.0. The van der Waals surface area contributed by atoms with E-state index in [1.807, 2.05) is 37.3 Å². The van der Waals surface area contributed by atoms with Gasteiger partial charge in [0.1, 0.15) is 18.0 Å². The van der Waals surface area contributed by atoms with Crippen LogP contribution in [0.3, 0.4) is 0 Å². The highest BCUT2D eigenvalue weighted by Gasteiger charge is 2.32. The van der Waals surface area contributed by atoms with E-state index in [4.69, 9.17) is 10.5 Å². The average molecular weight is 365 g/mol. The molecule has 25 heavy (non-hydrogen) atoms. The van der Waals surface area contributed by atoms with E-state index in [1.165, 1.54) is 12.1 Å². The predicted molar refractivity (Wildman–Crippen MR) is 96.9 cm³/mol. The third-order valence-corrected chi connectivity index (χ3v) is 4.24. The maximum absolute atomic E-state index is 13.1. The normalized spacial score (nSPS) is 21.3. The highest BCUT2D eigenvalue weighted by molar-refractivity contribution is 5.85. The Bertz CT molecular complexity index is 696. The Morgan fingerprint density at radius 2 is 1.80 bits per heavy atom. The third kappa shape index (κ3) is 4.57. The lowest BCUT2D eigenvalue weighted by molar-refractivity contribution is -0.146. The summed E-state index contributed by atoms with van der Waals surface area (Å²) in [5, 5.41) is 0. The Hall–Kier alpha value is -1.95. The number of hydrogen-bond acceptors (Lipinski definition) is 3. The van der Waals surface area contributed by atoms with Gasteiger partial charge in [-0.05, 0) is 30.2 Å². The van der Waals surface area contributed by atoms with Crippen molar-refractivity contribution in [1.82, 2.24) is 4.90 Å². The van der Waals surface area contributed by atoms with E-state index in [2.05, 4.69) is 0 Å². The maximum Gasteiger partial charge on any atom is 0.244 e. The van der Waals surface area contributed by atoms with Crippen molar-refractivity contribution in [3.8, 4) is 0 Å². The van der Waals surface area contributed by atoms with Crippen LogP contribution in [-0.4, -0.2) is 30.0 Å². The lowest BCUT2D eigenvalue weighted by Gasteiger charge is -2.38. The minimum atomic E-state index is -0.689. The second-order valence-electron chi connectivity index (χ2n) is 6.12. The highest BCUT2D eigenvalue weighted by Crippen LogP contribution is 2.27. The molecule has 1 amide bonds. The van der Waals surface area contributed by atoms with E-state index in [1.54, 1.807) is 17.0 Å². The van der Waals surface area contributed by atoms with Crippen molar-refractivity contribution in [2.75, 3.05) is 13.1 Å². The number of rotatable bonds is 3. The monoisotopic (exact) mass is 364 g/mol.